The molecular formula is C11H14N2O4. The normalized spacial score (nSPS) is 16.4. The maximum atomic E-state index is 11.7. The second-order valence-corrected chi connectivity index (χ2v) is 4.12. The van der Waals surface area contributed by atoms with E-state index in [-0.39, 0.29) is 11.7 Å². The van der Waals surface area contributed by atoms with Gasteiger partial charge in [0.15, 0.2) is 11.2 Å². The maximum Gasteiger partial charge on any atom is 0.358 e. The van der Waals surface area contributed by atoms with E-state index in [9.17, 15) is 9.59 Å². The number of nitrogens with zero attached hydrogens (tertiary/aromatic N) is 2. The SMILES string of the molecule is COC(=O)c1nn(C2(C(=O)OC)CC2)cc1C. The molecule has 1 aliphatic carbocycles. The van der Waals surface area contributed by atoms with Crippen LogP contribution in [0, 0.1) is 6.92 Å². The fourth-order valence-corrected chi connectivity index (χ4v) is 1.81. The fraction of sp³-hybridized carbons (Fsp3) is 0.545. The predicted molar refractivity (Wildman–Crippen MR) is 57.5 cm³/mol. The lowest BCUT2D eigenvalue weighted by molar-refractivity contribution is -0.146. The predicted octanol–water partition coefficient (Wildman–Crippen LogP) is 0.640. The monoisotopic (exact) mass is 238 g/mol. The third-order valence-corrected chi connectivity index (χ3v) is 3.00. The van der Waals surface area contributed by atoms with Gasteiger partial charge in [0.05, 0.1) is 14.2 Å². The highest BCUT2D eigenvalue weighted by Gasteiger charge is 2.54. The van der Waals surface area contributed by atoms with Crippen LogP contribution in [-0.4, -0.2) is 35.9 Å². The Bertz CT molecular complexity index is 474. The molecule has 0 aromatic carbocycles. The summed E-state index contributed by atoms with van der Waals surface area (Å²) in [6, 6.07) is 0. The highest BCUT2D eigenvalue weighted by molar-refractivity contribution is 5.89. The van der Waals surface area contributed by atoms with Crippen molar-refractivity contribution in [3.63, 3.8) is 0 Å². The molecule has 0 aliphatic heterocycles. The van der Waals surface area contributed by atoms with E-state index in [1.54, 1.807) is 13.1 Å². The Hall–Kier alpha value is -1.85. The Morgan fingerprint density at radius 1 is 1.35 bits per heavy atom. The molecule has 0 saturated heterocycles. The van der Waals surface area contributed by atoms with Crippen molar-refractivity contribution in [2.24, 2.45) is 0 Å². The van der Waals surface area contributed by atoms with Crippen molar-refractivity contribution < 1.29 is 19.1 Å². The minimum Gasteiger partial charge on any atom is -0.467 e. The van der Waals surface area contributed by atoms with E-state index in [0.29, 0.717) is 18.4 Å². The lowest BCUT2D eigenvalue weighted by Crippen LogP contribution is -2.29. The van der Waals surface area contributed by atoms with Gasteiger partial charge in [-0.3, -0.25) is 4.68 Å². The maximum absolute atomic E-state index is 11.7. The Labute approximate surface area is 98.5 Å². The number of carbonyl (C=O) groups is 2. The number of methoxy groups -OCH3 is 2. The van der Waals surface area contributed by atoms with Crippen molar-refractivity contribution in [1.82, 2.24) is 9.78 Å². The lowest BCUT2D eigenvalue weighted by atomic mass is 10.2. The summed E-state index contributed by atoms with van der Waals surface area (Å²) in [4.78, 5) is 23.1. The van der Waals surface area contributed by atoms with Crippen molar-refractivity contribution in [1.29, 1.82) is 0 Å². The average molecular weight is 238 g/mol. The van der Waals surface area contributed by atoms with Crippen molar-refractivity contribution in [2.75, 3.05) is 14.2 Å². The number of hydrogen-bond acceptors (Lipinski definition) is 5. The number of aryl methyl sites for hydroxylation is 1. The van der Waals surface area contributed by atoms with E-state index in [1.165, 1.54) is 18.9 Å². The van der Waals surface area contributed by atoms with E-state index in [0.717, 1.165) is 0 Å². The zero-order chi connectivity index (χ0) is 12.6. The van der Waals surface area contributed by atoms with Crippen LogP contribution in [0.4, 0.5) is 0 Å². The van der Waals surface area contributed by atoms with Crippen molar-refractivity contribution in [3.8, 4) is 0 Å². The molecule has 0 unspecified atom stereocenters. The van der Waals surface area contributed by atoms with Gasteiger partial charge in [0.25, 0.3) is 0 Å². The van der Waals surface area contributed by atoms with Crippen LogP contribution in [0.15, 0.2) is 6.20 Å². The summed E-state index contributed by atoms with van der Waals surface area (Å²) in [7, 11) is 2.65. The summed E-state index contributed by atoms with van der Waals surface area (Å²) in [6.45, 7) is 1.75. The standard InChI is InChI=1S/C11H14N2O4/c1-7-6-13(12-8(7)9(14)16-2)11(4-5-11)10(15)17-3/h6H,4-5H2,1-3H3. The Balaban J connectivity index is 2.36. The summed E-state index contributed by atoms with van der Waals surface area (Å²) in [6.07, 6.45) is 3.04. The summed E-state index contributed by atoms with van der Waals surface area (Å²) in [5, 5.41) is 4.13. The van der Waals surface area contributed by atoms with Gasteiger partial charge in [-0.1, -0.05) is 0 Å². The summed E-state index contributed by atoms with van der Waals surface area (Å²) in [5.74, 6) is -0.821. The quantitative estimate of drug-likeness (QED) is 0.723. The minimum absolute atomic E-state index is 0.239. The van der Waals surface area contributed by atoms with Crippen LogP contribution in [-0.2, 0) is 19.8 Å². The van der Waals surface area contributed by atoms with Gasteiger partial charge in [-0.2, -0.15) is 5.10 Å². The molecule has 0 bridgehead atoms. The molecule has 6 nitrogen and oxygen atoms in total. The van der Waals surface area contributed by atoms with E-state index in [4.69, 9.17) is 4.74 Å². The van der Waals surface area contributed by atoms with E-state index >= 15 is 0 Å². The highest BCUT2D eigenvalue weighted by Crippen LogP contribution is 2.44. The second kappa shape index (κ2) is 3.87. The molecular weight excluding hydrogens is 224 g/mol. The molecule has 0 N–H and O–H groups in total. The minimum atomic E-state index is -0.716. The summed E-state index contributed by atoms with van der Waals surface area (Å²) in [5.41, 5.74) is 0.209. The van der Waals surface area contributed by atoms with Crippen LogP contribution in [0.5, 0.6) is 0 Å². The van der Waals surface area contributed by atoms with Gasteiger partial charge in [-0.25, -0.2) is 9.59 Å². The summed E-state index contributed by atoms with van der Waals surface area (Å²) < 4.78 is 10.9. The van der Waals surface area contributed by atoms with Crippen LogP contribution in [0.25, 0.3) is 0 Å². The molecule has 0 spiro atoms. The summed E-state index contributed by atoms with van der Waals surface area (Å²) >= 11 is 0. The number of ether oxygens (including phenoxy) is 2. The van der Waals surface area contributed by atoms with Gasteiger partial charge in [0.1, 0.15) is 0 Å². The first-order valence-corrected chi connectivity index (χ1v) is 5.28. The third-order valence-electron chi connectivity index (χ3n) is 3.00. The Morgan fingerprint density at radius 3 is 2.47 bits per heavy atom. The molecule has 1 aliphatic rings. The zero-order valence-corrected chi connectivity index (χ0v) is 10.0. The van der Waals surface area contributed by atoms with Crippen LogP contribution in [0.3, 0.4) is 0 Å². The largest absolute Gasteiger partial charge is 0.467 e. The van der Waals surface area contributed by atoms with Gasteiger partial charge in [-0.05, 0) is 19.8 Å². The van der Waals surface area contributed by atoms with E-state index < -0.39 is 11.5 Å². The van der Waals surface area contributed by atoms with E-state index in [2.05, 4.69) is 9.84 Å². The number of carbonyl (C=O) groups excluding carboxylic acids is 2. The molecule has 1 saturated carbocycles. The highest BCUT2D eigenvalue weighted by atomic mass is 16.5. The number of aromatic nitrogens is 2. The van der Waals surface area contributed by atoms with Crippen LogP contribution in [0.2, 0.25) is 0 Å². The smallest absolute Gasteiger partial charge is 0.358 e. The molecule has 6 heteroatoms. The zero-order valence-electron chi connectivity index (χ0n) is 10.0. The Morgan fingerprint density at radius 2 is 2.00 bits per heavy atom. The molecule has 2 rings (SSSR count). The van der Waals surface area contributed by atoms with Gasteiger partial charge >= 0.3 is 11.9 Å². The molecule has 92 valence electrons. The van der Waals surface area contributed by atoms with Gasteiger partial charge in [0, 0.05) is 11.8 Å². The molecule has 0 radical (unpaired) electrons. The fourth-order valence-electron chi connectivity index (χ4n) is 1.81. The molecule has 17 heavy (non-hydrogen) atoms. The number of rotatable bonds is 3. The van der Waals surface area contributed by atoms with Gasteiger partial charge in [-0.15, -0.1) is 0 Å². The van der Waals surface area contributed by atoms with Crippen LogP contribution < -0.4 is 0 Å². The molecule has 1 aromatic heterocycles. The number of hydrogen-bond donors (Lipinski definition) is 0. The molecule has 1 aromatic rings. The van der Waals surface area contributed by atoms with E-state index in [1.807, 2.05) is 0 Å². The first kappa shape index (κ1) is 11.6. The first-order valence-electron chi connectivity index (χ1n) is 5.28. The van der Waals surface area contributed by atoms with Crippen LogP contribution in [0.1, 0.15) is 28.9 Å². The van der Waals surface area contributed by atoms with Gasteiger partial charge in [0.2, 0.25) is 0 Å². The van der Waals surface area contributed by atoms with Crippen molar-refractivity contribution >= 4 is 11.9 Å². The molecule has 1 fully saturated rings. The number of esters is 2. The first-order chi connectivity index (χ1) is 8.05. The molecule has 0 amide bonds. The molecule has 0 atom stereocenters. The van der Waals surface area contributed by atoms with Crippen LogP contribution >= 0.6 is 0 Å². The Kier molecular flexibility index (Phi) is 2.65. The van der Waals surface area contributed by atoms with Crippen molar-refractivity contribution in [2.45, 2.75) is 25.3 Å². The average Bonchev–Trinajstić information content (AvgIpc) is 3.06. The lowest BCUT2D eigenvalue weighted by Gasteiger charge is -2.12. The second-order valence-electron chi connectivity index (χ2n) is 4.12. The van der Waals surface area contributed by atoms with Crippen molar-refractivity contribution in [3.05, 3.63) is 17.5 Å². The van der Waals surface area contributed by atoms with Gasteiger partial charge < -0.3 is 9.47 Å². The topological polar surface area (TPSA) is 70.4 Å². The molecule has 1 heterocycles. The third kappa shape index (κ3) is 1.69.